The molecular weight excluding hydrogens is 476 g/mol. The molecule has 2 aliphatic heterocycles. The molecule has 8 heteroatoms. The van der Waals surface area contributed by atoms with Crippen LogP contribution in [0.3, 0.4) is 0 Å². The number of carbonyl (C=O) groups is 1. The van der Waals surface area contributed by atoms with Crippen LogP contribution in [0.2, 0.25) is 0 Å². The summed E-state index contributed by atoms with van der Waals surface area (Å²) in [5.41, 5.74) is 3.83. The van der Waals surface area contributed by atoms with E-state index in [0.29, 0.717) is 13.1 Å². The number of amides is 1. The summed E-state index contributed by atoms with van der Waals surface area (Å²) in [6, 6.07) is 26.2. The Kier molecular flexibility index (Phi) is 5.98. The van der Waals surface area contributed by atoms with E-state index in [9.17, 15) is 9.90 Å². The van der Waals surface area contributed by atoms with Gasteiger partial charge in [0.2, 0.25) is 0 Å². The van der Waals surface area contributed by atoms with Crippen molar-refractivity contribution >= 4 is 11.9 Å². The molecule has 0 saturated carbocycles. The third kappa shape index (κ3) is 3.86. The van der Waals surface area contributed by atoms with E-state index in [4.69, 9.17) is 5.41 Å². The molecule has 6 rings (SSSR count). The molecule has 1 unspecified atom stereocenters. The van der Waals surface area contributed by atoms with E-state index in [-0.39, 0.29) is 11.9 Å². The van der Waals surface area contributed by atoms with Crippen molar-refractivity contribution < 1.29 is 9.90 Å². The third-order valence-electron chi connectivity index (χ3n) is 7.53. The fourth-order valence-corrected chi connectivity index (χ4v) is 5.51. The highest BCUT2D eigenvalue weighted by Crippen LogP contribution is 2.39. The van der Waals surface area contributed by atoms with Gasteiger partial charge in [-0.05, 0) is 35.2 Å². The number of nitrogens with one attached hydrogen (secondary N) is 2. The van der Waals surface area contributed by atoms with Crippen molar-refractivity contribution in [3.63, 3.8) is 0 Å². The summed E-state index contributed by atoms with van der Waals surface area (Å²) in [5, 5.41) is 23.3. The molecule has 1 amide bonds. The molecule has 1 saturated heterocycles. The Balaban J connectivity index is 1.31. The molecule has 3 N–H and O–H groups in total. The smallest absolute Gasteiger partial charge is 0.264 e. The van der Waals surface area contributed by atoms with Crippen molar-refractivity contribution in [2.45, 2.75) is 37.8 Å². The van der Waals surface area contributed by atoms with E-state index in [1.165, 1.54) is 11.2 Å². The van der Waals surface area contributed by atoms with E-state index in [1.807, 2.05) is 96.8 Å². The molecule has 0 radical (unpaired) electrons. The molecule has 0 bridgehead atoms. The Morgan fingerprint density at radius 2 is 1.61 bits per heavy atom. The van der Waals surface area contributed by atoms with Gasteiger partial charge in [-0.3, -0.25) is 20.0 Å². The average molecular weight is 505 g/mol. The molecule has 1 aromatic heterocycles. The standard InChI is InChI=1S/C30H28N6O2/c1-20(21-9-8-10-22(15-21)27(37)35-17-23-16-32-19-33-26(23)18-35)36-28(38)30(34-29(36)31,24-11-4-2-5-12-24)25-13-6-3-7-14-25/h2-16,19-20,27,37H,17-18H2,1H3,(H2,31,34)/t20-,27?/m1/s1. The Morgan fingerprint density at radius 1 is 0.947 bits per heavy atom. The maximum atomic E-state index is 14.3. The molecule has 8 nitrogen and oxygen atoms in total. The van der Waals surface area contributed by atoms with Crippen LogP contribution in [0.4, 0.5) is 0 Å². The average Bonchev–Trinajstić information content (AvgIpc) is 3.52. The Hall–Kier alpha value is -4.40. The first kappa shape index (κ1) is 24.0. The summed E-state index contributed by atoms with van der Waals surface area (Å²) < 4.78 is 0. The summed E-state index contributed by atoms with van der Waals surface area (Å²) >= 11 is 0. The zero-order valence-electron chi connectivity index (χ0n) is 21.0. The van der Waals surface area contributed by atoms with Gasteiger partial charge in [0.05, 0.1) is 11.7 Å². The molecule has 4 aromatic rings. The number of nitrogens with zero attached hydrogens (tertiary/aromatic N) is 4. The lowest BCUT2D eigenvalue weighted by Gasteiger charge is -2.30. The normalized spacial score (nSPS) is 18.2. The lowest BCUT2D eigenvalue weighted by atomic mass is 9.82. The van der Waals surface area contributed by atoms with Gasteiger partial charge in [0.1, 0.15) is 12.6 Å². The number of aromatic nitrogens is 2. The Morgan fingerprint density at radius 3 is 2.26 bits per heavy atom. The van der Waals surface area contributed by atoms with Crippen molar-refractivity contribution in [2.24, 2.45) is 0 Å². The molecule has 2 aliphatic rings. The lowest BCUT2D eigenvalue weighted by Crippen LogP contribution is -2.45. The van der Waals surface area contributed by atoms with Crippen molar-refractivity contribution in [1.29, 1.82) is 5.41 Å². The fourth-order valence-electron chi connectivity index (χ4n) is 5.51. The van der Waals surface area contributed by atoms with Crippen molar-refractivity contribution in [1.82, 2.24) is 25.1 Å². The Labute approximate surface area is 221 Å². The highest BCUT2D eigenvalue weighted by Gasteiger charge is 2.53. The second-order valence-corrected chi connectivity index (χ2v) is 9.75. The summed E-state index contributed by atoms with van der Waals surface area (Å²) in [6.45, 7) is 3.01. The number of carbonyl (C=O) groups excluding carboxylic acids is 1. The molecule has 0 aliphatic carbocycles. The number of hydrogen-bond donors (Lipinski definition) is 3. The quantitative estimate of drug-likeness (QED) is 0.368. The molecule has 1 fully saturated rings. The van der Waals surface area contributed by atoms with Crippen LogP contribution in [0.5, 0.6) is 0 Å². The van der Waals surface area contributed by atoms with Gasteiger partial charge >= 0.3 is 0 Å². The minimum atomic E-state index is -1.20. The summed E-state index contributed by atoms with van der Waals surface area (Å²) in [5.74, 6) is -0.179. The zero-order chi connectivity index (χ0) is 26.3. The SMILES string of the molecule is C[C@H](c1cccc(C(O)N2Cc3cncnc3C2)c1)N1C(=N)NC(c2ccccc2)(c2ccccc2)C1=O. The van der Waals surface area contributed by atoms with Gasteiger partial charge in [0.15, 0.2) is 11.5 Å². The first-order valence-corrected chi connectivity index (χ1v) is 12.6. The van der Waals surface area contributed by atoms with Crippen LogP contribution in [-0.2, 0) is 23.4 Å². The summed E-state index contributed by atoms with van der Waals surface area (Å²) in [4.78, 5) is 26.1. The number of aliphatic hydroxyl groups is 1. The first-order valence-electron chi connectivity index (χ1n) is 12.6. The topological polar surface area (TPSA) is 105 Å². The molecule has 3 heterocycles. The van der Waals surface area contributed by atoms with Gasteiger partial charge in [-0.2, -0.15) is 0 Å². The molecule has 3 aromatic carbocycles. The van der Waals surface area contributed by atoms with Crippen molar-refractivity contribution in [3.8, 4) is 0 Å². The highest BCUT2D eigenvalue weighted by atomic mass is 16.3. The predicted octanol–water partition coefficient (Wildman–Crippen LogP) is 3.85. The second-order valence-electron chi connectivity index (χ2n) is 9.75. The second kappa shape index (κ2) is 9.48. The van der Waals surface area contributed by atoms with Crippen LogP contribution >= 0.6 is 0 Å². The van der Waals surface area contributed by atoms with Crippen LogP contribution in [0.25, 0.3) is 0 Å². The van der Waals surface area contributed by atoms with Crippen molar-refractivity contribution in [2.75, 3.05) is 0 Å². The van der Waals surface area contributed by atoms with Gasteiger partial charge < -0.3 is 10.4 Å². The first-order chi connectivity index (χ1) is 18.5. The van der Waals surface area contributed by atoms with Gasteiger partial charge in [-0.25, -0.2) is 9.97 Å². The number of fused-ring (bicyclic) bond motifs is 1. The highest BCUT2D eigenvalue weighted by molar-refractivity contribution is 6.10. The molecular formula is C30H28N6O2. The largest absolute Gasteiger partial charge is 0.374 e. The minimum Gasteiger partial charge on any atom is -0.374 e. The van der Waals surface area contributed by atoms with Crippen LogP contribution in [0.15, 0.2) is 97.5 Å². The van der Waals surface area contributed by atoms with Gasteiger partial charge in [0.25, 0.3) is 5.91 Å². The zero-order valence-corrected chi connectivity index (χ0v) is 21.0. The number of rotatable bonds is 6. The maximum absolute atomic E-state index is 14.3. The van der Waals surface area contributed by atoms with Crippen molar-refractivity contribution in [3.05, 3.63) is 131 Å². The third-order valence-corrected chi connectivity index (χ3v) is 7.53. The van der Waals surface area contributed by atoms with Crippen LogP contribution < -0.4 is 5.32 Å². The number of benzene rings is 3. The maximum Gasteiger partial charge on any atom is 0.264 e. The number of guanidine groups is 1. The van der Waals surface area contributed by atoms with E-state index in [0.717, 1.165) is 33.5 Å². The van der Waals surface area contributed by atoms with E-state index in [2.05, 4.69) is 15.3 Å². The van der Waals surface area contributed by atoms with Gasteiger partial charge in [-0.15, -0.1) is 0 Å². The number of hydrogen-bond acceptors (Lipinski definition) is 6. The van der Waals surface area contributed by atoms with Gasteiger partial charge in [-0.1, -0.05) is 78.9 Å². The summed E-state index contributed by atoms with van der Waals surface area (Å²) in [6.07, 6.45) is 2.48. The van der Waals surface area contributed by atoms with E-state index in [1.54, 1.807) is 6.20 Å². The van der Waals surface area contributed by atoms with E-state index < -0.39 is 17.8 Å². The van der Waals surface area contributed by atoms with E-state index >= 15 is 0 Å². The van der Waals surface area contributed by atoms with Crippen LogP contribution in [0.1, 0.15) is 52.7 Å². The number of aliphatic hydroxyl groups excluding tert-OH is 1. The minimum absolute atomic E-state index is 0.0368. The lowest BCUT2D eigenvalue weighted by molar-refractivity contribution is -0.131. The van der Waals surface area contributed by atoms with Gasteiger partial charge in [0, 0.05) is 24.8 Å². The summed E-state index contributed by atoms with van der Waals surface area (Å²) in [7, 11) is 0. The molecule has 38 heavy (non-hydrogen) atoms. The predicted molar refractivity (Wildman–Crippen MR) is 142 cm³/mol. The van der Waals surface area contributed by atoms with Crippen LogP contribution in [-0.4, -0.2) is 36.7 Å². The molecule has 0 spiro atoms. The fraction of sp³-hybridized carbons (Fsp3) is 0.200. The Bertz CT molecular complexity index is 1430. The van der Waals surface area contributed by atoms with Crippen LogP contribution in [0, 0.1) is 5.41 Å². The molecule has 2 atom stereocenters. The molecule has 190 valence electrons. The monoisotopic (exact) mass is 504 g/mol.